The van der Waals surface area contributed by atoms with Crippen LogP contribution in [0.1, 0.15) is 33.6 Å². The zero-order valence-electron chi connectivity index (χ0n) is 15.7. The molecule has 1 aromatic heterocycles. The van der Waals surface area contributed by atoms with Crippen molar-refractivity contribution >= 4 is 22.6 Å². The van der Waals surface area contributed by atoms with Crippen LogP contribution in [0.15, 0.2) is 35.3 Å². The van der Waals surface area contributed by atoms with Gasteiger partial charge in [0.25, 0.3) is 11.2 Å². The molecule has 1 saturated heterocycles. The maximum Gasteiger partial charge on any atom is 0.410 e. The highest BCUT2D eigenvalue weighted by Crippen LogP contribution is 2.24. The summed E-state index contributed by atoms with van der Waals surface area (Å²) in [5.74, 6) is 0. The number of fused-ring (bicyclic) bond motifs is 1. The van der Waals surface area contributed by atoms with Crippen molar-refractivity contribution in [1.82, 2.24) is 9.47 Å². The Morgan fingerprint density at radius 3 is 2.70 bits per heavy atom. The van der Waals surface area contributed by atoms with E-state index in [1.807, 2.05) is 20.8 Å². The molecule has 0 N–H and O–H groups in total. The van der Waals surface area contributed by atoms with E-state index in [0.717, 1.165) is 12.8 Å². The Kier molecular flexibility index (Phi) is 4.91. The van der Waals surface area contributed by atoms with Crippen LogP contribution in [-0.4, -0.2) is 38.7 Å². The van der Waals surface area contributed by atoms with Crippen LogP contribution in [0.2, 0.25) is 0 Å². The zero-order chi connectivity index (χ0) is 19.8. The molecule has 1 aliphatic rings. The van der Waals surface area contributed by atoms with E-state index in [1.165, 1.54) is 16.7 Å². The third-order valence-corrected chi connectivity index (χ3v) is 4.60. The fourth-order valence-corrected chi connectivity index (χ4v) is 3.42. The topological polar surface area (TPSA) is 94.7 Å². The van der Waals surface area contributed by atoms with Crippen molar-refractivity contribution in [3.63, 3.8) is 0 Å². The number of likely N-dealkylation sites (tertiary alicyclic amines) is 1. The minimum Gasteiger partial charge on any atom is -0.444 e. The summed E-state index contributed by atoms with van der Waals surface area (Å²) < 4.78 is 6.97. The quantitative estimate of drug-likeness (QED) is 0.608. The van der Waals surface area contributed by atoms with Crippen LogP contribution in [-0.2, 0) is 11.3 Å². The lowest BCUT2D eigenvalue weighted by molar-refractivity contribution is -0.383. The van der Waals surface area contributed by atoms with Crippen LogP contribution in [0.5, 0.6) is 0 Å². The smallest absolute Gasteiger partial charge is 0.410 e. The Hall–Kier alpha value is -2.90. The van der Waals surface area contributed by atoms with Crippen molar-refractivity contribution in [1.29, 1.82) is 0 Å². The van der Waals surface area contributed by atoms with Gasteiger partial charge in [-0.2, -0.15) is 0 Å². The number of nitro benzene ring substituents is 1. The van der Waals surface area contributed by atoms with Gasteiger partial charge < -0.3 is 14.2 Å². The Bertz CT molecular complexity index is 944. The summed E-state index contributed by atoms with van der Waals surface area (Å²) in [5, 5.41) is 11.8. The van der Waals surface area contributed by atoms with Crippen LogP contribution in [0.4, 0.5) is 10.5 Å². The van der Waals surface area contributed by atoms with E-state index >= 15 is 0 Å². The number of amides is 1. The average Bonchev–Trinajstić information content (AvgIpc) is 3.03. The van der Waals surface area contributed by atoms with Gasteiger partial charge in [-0.05, 0) is 45.7 Å². The summed E-state index contributed by atoms with van der Waals surface area (Å²) in [4.78, 5) is 37.6. The third-order valence-electron chi connectivity index (χ3n) is 4.60. The lowest BCUT2D eigenvalue weighted by Crippen LogP contribution is -2.42. The predicted molar refractivity (Wildman–Crippen MR) is 101 cm³/mol. The van der Waals surface area contributed by atoms with Gasteiger partial charge in [-0.15, -0.1) is 0 Å². The molecule has 1 amide bonds. The van der Waals surface area contributed by atoms with Gasteiger partial charge in [0, 0.05) is 25.4 Å². The van der Waals surface area contributed by atoms with Crippen molar-refractivity contribution in [3.8, 4) is 0 Å². The van der Waals surface area contributed by atoms with E-state index in [1.54, 1.807) is 23.2 Å². The molecule has 1 aromatic carbocycles. The van der Waals surface area contributed by atoms with E-state index in [-0.39, 0.29) is 23.4 Å². The number of carbonyl (C=O) groups excluding carboxylic acids is 1. The molecular formula is C19H23N3O5. The number of carbonyl (C=O) groups is 1. The molecule has 2 aromatic rings. The number of rotatable bonds is 3. The second-order valence-corrected chi connectivity index (χ2v) is 7.74. The molecule has 0 saturated carbocycles. The summed E-state index contributed by atoms with van der Waals surface area (Å²) in [6.45, 7) is 6.37. The zero-order valence-corrected chi connectivity index (χ0v) is 15.7. The van der Waals surface area contributed by atoms with Crippen molar-refractivity contribution in [3.05, 3.63) is 50.9 Å². The lowest BCUT2D eigenvalue weighted by atomic mass is 10.1. The van der Waals surface area contributed by atoms with Gasteiger partial charge in [-0.25, -0.2) is 4.79 Å². The highest BCUT2D eigenvalue weighted by Gasteiger charge is 2.32. The highest BCUT2D eigenvalue weighted by molar-refractivity contribution is 5.89. The molecule has 8 nitrogen and oxygen atoms in total. The molecule has 1 fully saturated rings. The monoisotopic (exact) mass is 373 g/mol. The lowest BCUT2D eigenvalue weighted by Gasteiger charge is -2.29. The van der Waals surface area contributed by atoms with E-state index in [0.29, 0.717) is 23.9 Å². The normalized spacial score (nSPS) is 17.3. The van der Waals surface area contributed by atoms with Crippen LogP contribution in [0.3, 0.4) is 0 Å². The molecule has 0 bridgehead atoms. The molecule has 27 heavy (non-hydrogen) atoms. The van der Waals surface area contributed by atoms with Gasteiger partial charge >= 0.3 is 6.09 Å². The fraction of sp³-hybridized carbons (Fsp3) is 0.474. The second-order valence-electron chi connectivity index (χ2n) is 7.74. The van der Waals surface area contributed by atoms with Crippen LogP contribution >= 0.6 is 0 Å². The third kappa shape index (κ3) is 3.94. The molecule has 1 unspecified atom stereocenters. The molecule has 3 rings (SSSR count). The van der Waals surface area contributed by atoms with Gasteiger partial charge in [0.1, 0.15) is 5.60 Å². The molecule has 0 radical (unpaired) electrons. The van der Waals surface area contributed by atoms with Crippen LogP contribution < -0.4 is 5.56 Å². The first kappa shape index (κ1) is 18.9. The summed E-state index contributed by atoms with van der Waals surface area (Å²) in [6.07, 6.45) is 2.80. The Morgan fingerprint density at radius 1 is 1.30 bits per heavy atom. The number of non-ortho nitro benzene ring substituents is 1. The predicted octanol–water partition coefficient (Wildman–Crippen LogP) is 3.31. The maximum atomic E-state index is 12.8. The molecule has 8 heteroatoms. The molecule has 1 aliphatic heterocycles. The molecule has 144 valence electrons. The van der Waals surface area contributed by atoms with Crippen molar-refractivity contribution in [2.45, 2.75) is 51.8 Å². The van der Waals surface area contributed by atoms with E-state index < -0.39 is 10.5 Å². The van der Waals surface area contributed by atoms with Crippen molar-refractivity contribution in [2.24, 2.45) is 0 Å². The molecule has 0 spiro atoms. The molecular weight excluding hydrogens is 350 g/mol. The number of hydrogen-bond acceptors (Lipinski definition) is 5. The Morgan fingerprint density at radius 2 is 2.04 bits per heavy atom. The largest absolute Gasteiger partial charge is 0.444 e. The Balaban J connectivity index is 1.88. The number of hydrogen-bond donors (Lipinski definition) is 0. The molecule has 1 atom stereocenters. The summed E-state index contributed by atoms with van der Waals surface area (Å²) >= 11 is 0. The van der Waals surface area contributed by atoms with Crippen molar-refractivity contribution in [2.75, 3.05) is 6.54 Å². The average molecular weight is 373 g/mol. The number of aromatic nitrogens is 1. The Labute approximate surface area is 156 Å². The molecule has 0 aliphatic carbocycles. The number of ether oxygens (including phenoxy) is 1. The summed E-state index contributed by atoms with van der Waals surface area (Å²) in [5.41, 5.74) is -0.969. The van der Waals surface area contributed by atoms with E-state index in [2.05, 4.69) is 0 Å². The fourth-order valence-electron chi connectivity index (χ4n) is 3.42. The minimum absolute atomic E-state index is 0.0898. The van der Waals surface area contributed by atoms with Gasteiger partial charge in [-0.3, -0.25) is 14.9 Å². The van der Waals surface area contributed by atoms with Gasteiger partial charge in [0.05, 0.1) is 21.7 Å². The number of nitro groups is 1. The summed E-state index contributed by atoms with van der Waals surface area (Å²) in [7, 11) is 0. The maximum absolute atomic E-state index is 12.8. The van der Waals surface area contributed by atoms with E-state index in [4.69, 9.17) is 4.74 Å². The SMILES string of the molecule is CC(C)(C)OC(=O)N1CCCC1Cn1ccc2c([N+](=O)[O-])cccc2c1=O. The van der Waals surface area contributed by atoms with E-state index in [9.17, 15) is 19.7 Å². The van der Waals surface area contributed by atoms with Crippen LogP contribution in [0.25, 0.3) is 10.8 Å². The number of benzene rings is 1. The number of pyridine rings is 1. The van der Waals surface area contributed by atoms with Gasteiger partial charge in [0.2, 0.25) is 0 Å². The van der Waals surface area contributed by atoms with Gasteiger partial charge in [0.15, 0.2) is 0 Å². The van der Waals surface area contributed by atoms with Crippen molar-refractivity contribution < 1.29 is 14.5 Å². The minimum atomic E-state index is -0.580. The van der Waals surface area contributed by atoms with Gasteiger partial charge in [-0.1, -0.05) is 6.07 Å². The summed E-state index contributed by atoms with van der Waals surface area (Å²) in [6, 6.07) is 5.92. The second kappa shape index (κ2) is 7.02. The first-order chi connectivity index (χ1) is 12.7. The number of nitrogens with zero attached hydrogens (tertiary/aromatic N) is 3. The van der Waals surface area contributed by atoms with Crippen LogP contribution in [0, 0.1) is 10.1 Å². The first-order valence-electron chi connectivity index (χ1n) is 8.93. The first-order valence-corrected chi connectivity index (χ1v) is 8.93. The standard InChI is InChI=1S/C19H23N3O5/c1-19(2,3)27-18(24)21-10-5-6-13(21)12-20-11-9-14-15(17(20)23)7-4-8-16(14)22(25)26/h4,7-9,11,13H,5-6,10,12H2,1-3H3. The highest BCUT2D eigenvalue weighted by atomic mass is 16.6. The molecule has 2 heterocycles.